The zero-order chi connectivity index (χ0) is 18.0. The van der Waals surface area contributed by atoms with Crippen molar-refractivity contribution < 1.29 is 13.2 Å². The van der Waals surface area contributed by atoms with Crippen LogP contribution in [0.1, 0.15) is 18.5 Å². The fraction of sp³-hybridized carbons (Fsp3) is 0.235. The van der Waals surface area contributed by atoms with Crippen LogP contribution in [0.3, 0.4) is 0 Å². The molecule has 1 unspecified atom stereocenters. The standard InChI is InChI=1S/C17H18N4O3S/c1-12(13-7-9-14(10-8-13)25(2,23)24)18-17(22)11-21-16-6-4-3-5-15(16)19-20-21/h3-10,12H,11H2,1-2H3,(H,18,22). The molecule has 0 aliphatic carbocycles. The van der Waals surface area contributed by atoms with Gasteiger partial charge in [-0.25, -0.2) is 13.1 Å². The predicted molar refractivity (Wildman–Crippen MR) is 93.6 cm³/mol. The zero-order valence-corrected chi connectivity index (χ0v) is 14.7. The van der Waals surface area contributed by atoms with Crippen LogP contribution in [0.4, 0.5) is 0 Å². The Morgan fingerprint density at radius 2 is 1.84 bits per heavy atom. The first-order valence-electron chi connectivity index (χ1n) is 7.72. The van der Waals surface area contributed by atoms with Crippen molar-refractivity contribution in [3.8, 4) is 0 Å². The minimum Gasteiger partial charge on any atom is -0.348 e. The molecule has 3 rings (SSSR count). The highest BCUT2D eigenvalue weighted by Gasteiger charge is 2.13. The number of aromatic nitrogens is 3. The van der Waals surface area contributed by atoms with E-state index in [0.717, 1.165) is 22.9 Å². The molecule has 1 N–H and O–H groups in total. The van der Waals surface area contributed by atoms with Crippen LogP contribution in [0.25, 0.3) is 11.0 Å². The molecular weight excluding hydrogens is 340 g/mol. The highest BCUT2D eigenvalue weighted by atomic mass is 32.2. The van der Waals surface area contributed by atoms with Gasteiger partial charge in [0.05, 0.1) is 16.5 Å². The zero-order valence-electron chi connectivity index (χ0n) is 13.9. The van der Waals surface area contributed by atoms with Gasteiger partial charge in [-0.15, -0.1) is 5.10 Å². The van der Waals surface area contributed by atoms with E-state index in [1.807, 2.05) is 31.2 Å². The maximum atomic E-state index is 12.3. The van der Waals surface area contributed by atoms with Gasteiger partial charge in [-0.1, -0.05) is 29.5 Å². The first kappa shape index (κ1) is 17.1. The number of benzene rings is 2. The van der Waals surface area contributed by atoms with Crippen LogP contribution in [0, 0.1) is 0 Å². The molecule has 25 heavy (non-hydrogen) atoms. The Kier molecular flexibility index (Phi) is 4.54. The van der Waals surface area contributed by atoms with Crippen molar-refractivity contribution in [1.29, 1.82) is 0 Å². The summed E-state index contributed by atoms with van der Waals surface area (Å²) in [6.07, 6.45) is 1.16. The predicted octanol–water partition coefficient (Wildman–Crippen LogP) is 1.71. The maximum Gasteiger partial charge on any atom is 0.242 e. The number of hydrogen-bond donors (Lipinski definition) is 1. The lowest BCUT2D eigenvalue weighted by atomic mass is 10.1. The first-order chi connectivity index (χ1) is 11.8. The second-order valence-electron chi connectivity index (χ2n) is 5.87. The third kappa shape index (κ3) is 3.85. The number of fused-ring (bicyclic) bond motifs is 1. The van der Waals surface area contributed by atoms with Crippen molar-refractivity contribution in [2.45, 2.75) is 24.4 Å². The average Bonchev–Trinajstić information content (AvgIpc) is 2.97. The largest absolute Gasteiger partial charge is 0.348 e. The maximum absolute atomic E-state index is 12.3. The Labute approximate surface area is 145 Å². The first-order valence-corrected chi connectivity index (χ1v) is 9.61. The molecule has 0 spiro atoms. The van der Waals surface area contributed by atoms with Gasteiger partial charge < -0.3 is 5.32 Å². The van der Waals surface area contributed by atoms with Crippen molar-refractivity contribution in [3.63, 3.8) is 0 Å². The second kappa shape index (κ2) is 6.64. The number of sulfone groups is 1. The summed E-state index contributed by atoms with van der Waals surface area (Å²) in [5.41, 5.74) is 2.35. The van der Waals surface area contributed by atoms with Crippen molar-refractivity contribution >= 4 is 26.8 Å². The number of nitrogens with one attached hydrogen (secondary N) is 1. The van der Waals surface area contributed by atoms with E-state index in [2.05, 4.69) is 15.6 Å². The van der Waals surface area contributed by atoms with Gasteiger partial charge in [0.2, 0.25) is 5.91 Å². The van der Waals surface area contributed by atoms with Crippen LogP contribution in [-0.4, -0.2) is 35.6 Å². The van der Waals surface area contributed by atoms with E-state index in [1.165, 1.54) is 12.1 Å². The van der Waals surface area contributed by atoms with E-state index in [-0.39, 0.29) is 23.4 Å². The number of nitrogens with zero attached hydrogens (tertiary/aromatic N) is 3. The Bertz CT molecular complexity index is 1010. The van der Waals surface area contributed by atoms with Crippen LogP contribution in [0.15, 0.2) is 53.4 Å². The molecule has 2 aromatic carbocycles. The van der Waals surface area contributed by atoms with Crippen LogP contribution in [0.2, 0.25) is 0 Å². The van der Waals surface area contributed by atoms with E-state index in [4.69, 9.17) is 0 Å². The van der Waals surface area contributed by atoms with Gasteiger partial charge in [0.1, 0.15) is 12.1 Å². The highest BCUT2D eigenvalue weighted by molar-refractivity contribution is 7.90. The van der Waals surface area contributed by atoms with Gasteiger partial charge in [-0.05, 0) is 36.8 Å². The summed E-state index contributed by atoms with van der Waals surface area (Å²) in [6, 6.07) is 13.7. The van der Waals surface area contributed by atoms with E-state index in [9.17, 15) is 13.2 Å². The lowest BCUT2D eigenvalue weighted by Gasteiger charge is -2.15. The number of hydrogen-bond acceptors (Lipinski definition) is 5. The van der Waals surface area contributed by atoms with E-state index >= 15 is 0 Å². The molecule has 1 amide bonds. The summed E-state index contributed by atoms with van der Waals surface area (Å²) >= 11 is 0. The SMILES string of the molecule is CC(NC(=O)Cn1nnc2ccccc21)c1ccc(S(C)(=O)=O)cc1. The summed E-state index contributed by atoms with van der Waals surface area (Å²) in [6.45, 7) is 1.90. The molecule has 0 bridgehead atoms. The molecule has 1 atom stereocenters. The summed E-state index contributed by atoms with van der Waals surface area (Å²) in [4.78, 5) is 12.5. The lowest BCUT2D eigenvalue weighted by Crippen LogP contribution is -2.30. The van der Waals surface area contributed by atoms with Crippen molar-refractivity contribution in [1.82, 2.24) is 20.3 Å². The molecule has 0 fully saturated rings. The molecule has 0 radical (unpaired) electrons. The molecule has 7 nitrogen and oxygen atoms in total. The summed E-state index contributed by atoms with van der Waals surface area (Å²) in [7, 11) is -3.23. The molecule has 1 aromatic heterocycles. The third-order valence-electron chi connectivity index (χ3n) is 3.90. The number of rotatable bonds is 5. The molecule has 0 saturated heterocycles. The Balaban J connectivity index is 1.68. The number of carbonyl (C=O) groups excluding carboxylic acids is 1. The van der Waals surface area contributed by atoms with E-state index in [1.54, 1.807) is 16.8 Å². The minimum atomic E-state index is -3.23. The Hall–Kier alpha value is -2.74. The van der Waals surface area contributed by atoms with E-state index < -0.39 is 9.84 Å². The summed E-state index contributed by atoms with van der Waals surface area (Å²) < 4.78 is 24.5. The quantitative estimate of drug-likeness (QED) is 0.749. The number of para-hydroxylation sites is 1. The van der Waals surface area contributed by atoms with Gasteiger partial charge in [0.25, 0.3) is 0 Å². The second-order valence-corrected chi connectivity index (χ2v) is 7.88. The molecule has 130 valence electrons. The Morgan fingerprint density at radius 1 is 1.16 bits per heavy atom. The van der Waals surface area contributed by atoms with Gasteiger partial charge in [-0.3, -0.25) is 4.79 Å². The summed E-state index contributed by atoms with van der Waals surface area (Å²) in [5, 5.41) is 10.9. The molecule has 8 heteroatoms. The normalized spacial score (nSPS) is 12.9. The fourth-order valence-electron chi connectivity index (χ4n) is 2.54. The van der Waals surface area contributed by atoms with Gasteiger partial charge in [0, 0.05) is 6.26 Å². The highest BCUT2D eigenvalue weighted by Crippen LogP contribution is 2.16. The smallest absolute Gasteiger partial charge is 0.242 e. The van der Waals surface area contributed by atoms with Crippen molar-refractivity contribution in [2.24, 2.45) is 0 Å². The lowest BCUT2D eigenvalue weighted by molar-refractivity contribution is -0.122. The molecule has 1 heterocycles. The third-order valence-corrected chi connectivity index (χ3v) is 5.03. The average molecular weight is 358 g/mol. The molecule has 3 aromatic rings. The Morgan fingerprint density at radius 3 is 2.52 bits per heavy atom. The van der Waals surface area contributed by atoms with Crippen molar-refractivity contribution in [3.05, 3.63) is 54.1 Å². The van der Waals surface area contributed by atoms with Crippen LogP contribution in [-0.2, 0) is 21.2 Å². The summed E-state index contributed by atoms with van der Waals surface area (Å²) in [5.74, 6) is -0.199. The van der Waals surface area contributed by atoms with Gasteiger partial charge in [-0.2, -0.15) is 0 Å². The number of amides is 1. The molecule has 0 saturated carbocycles. The minimum absolute atomic E-state index is 0.0618. The fourth-order valence-corrected chi connectivity index (χ4v) is 3.17. The number of carbonyl (C=O) groups is 1. The molecule has 0 aliphatic heterocycles. The van der Waals surface area contributed by atoms with E-state index in [0.29, 0.717) is 0 Å². The molecular formula is C17H18N4O3S. The monoisotopic (exact) mass is 358 g/mol. The van der Waals surface area contributed by atoms with Crippen LogP contribution >= 0.6 is 0 Å². The van der Waals surface area contributed by atoms with Crippen LogP contribution in [0.5, 0.6) is 0 Å². The molecule has 0 aliphatic rings. The van der Waals surface area contributed by atoms with Gasteiger partial charge in [0.15, 0.2) is 9.84 Å². The van der Waals surface area contributed by atoms with Crippen LogP contribution < -0.4 is 5.32 Å². The van der Waals surface area contributed by atoms with Gasteiger partial charge >= 0.3 is 0 Å². The topological polar surface area (TPSA) is 93.9 Å². The van der Waals surface area contributed by atoms with Crippen molar-refractivity contribution in [2.75, 3.05) is 6.26 Å².